The highest BCUT2D eigenvalue weighted by molar-refractivity contribution is 7.80. The lowest BCUT2D eigenvalue weighted by molar-refractivity contribution is 0.177. The zero-order valence-electron chi connectivity index (χ0n) is 15.1. The molecule has 2 aromatic carbocycles. The lowest BCUT2D eigenvalue weighted by Crippen LogP contribution is -2.49. The first kappa shape index (κ1) is 19.1. The standard InChI is InChI=1S/C20H23ClFN3S/c1-14-9-15(2)11-17(10-14)23-20(26)25-7-5-24(6-8-25)13-16-3-4-19(22)18(21)12-16/h3-4,9-12H,5-8,13H2,1-2H3,(H,23,26). The number of nitrogens with one attached hydrogen (secondary N) is 1. The maximum absolute atomic E-state index is 13.3. The molecule has 3 nitrogen and oxygen atoms in total. The molecule has 1 N–H and O–H groups in total. The van der Waals surface area contributed by atoms with Crippen molar-refractivity contribution in [3.63, 3.8) is 0 Å². The van der Waals surface area contributed by atoms with E-state index in [-0.39, 0.29) is 10.8 Å². The molecule has 138 valence electrons. The minimum Gasteiger partial charge on any atom is -0.346 e. The predicted molar refractivity (Wildman–Crippen MR) is 110 cm³/mol. The van der Waals surface area contributed by atoms with E-state index in [1.165, 1.54) is 17.2 Å². The second kappa shape index (κ2) is 8.33. The summed E-state index contributed by atoms with van der Waals surface area (Å²) >= 11 is 11.4. The molecule has 1 fully saturated rings. The van der Waals surface area contributed by atoms with Crippen LogP contribution in [-0.4, -0.2) is 41.1 Å². The van der Waals surface area contributed by atoms with Crippen LogP contribution in [0.2, 0.25) is 5.02 Å². The van der Waals surface area contributed by atoms with E-state index in [2.05, 4.69) is 47.2 Å². The number of piperazine rings is 1. The topological polar surface area (TPSA) is 18.5 Å². The zero-order chi connectivity index (χ0) is 18.7. The third-order valence-corrected chi connectivity index (χ3v) is 5.17. The van der Waals surface area contributed by atoms with Crippen LogP contribution in [0.25, 0.3) is 0 Å². The maximum Gasteiger partial charge on any atom is 0.173 e. The van der Waals surface area contributed by atoms with Crippen molar-refractivity contribution in [3.8, 4) is 0 Å². The summed E-state index contributed by atoms with van der Waals surface area (Å²) in [7, 11) is 0. The molecule has 0 atom stereocenters. The smallest absolute Gasteiger partial charge is 0.173 e. The van der Waals surface area contributed by atoms with Gasteiger partial charge in [0, 0.05) is 38.4 Å². The highest BCUT2D eigenvalue weighted by Crippen LogP contribution is 2.18. The van der Waals surface area contributed by atoms with E-state index >= 15 is 0 Å². The van der Waals surface area contributed by atoms with Gasteiger partial charge in [-0.25, -0.2) is 4.39 Å². The van der Waals surface area contributed by atoms with Crippen LogP contribution in [0.3, 0.4) is 0 Å². The van der Waals surface area contributed by atoms with E-state index in [9.17, 15) is 4.39 Å². The molecule has 3 rings (SSSR count). The summed E-state index contributed by atoms with van der Waals surface area (Å²) in [5.41, 5.74) is 4.51. The summed E-state index contributed by atoms with van der Waals surface area (Å²) in [6.45, 7) is 8.49. The Bertz CT molecular complexity index is 783. The molecule has 0 bridgehead atoms. The van der Waals surface area contributed by atoms with Crippen molar-refractivity contribution in [2.75, 3.05) is 31.5 Å². The fraction of sp³-hybridized carbons (Fsp3) is 0.350. The number of nitrogens with zero attached hydrogens (tertiary/aromatic N) is 2. The number of halogens is 2. The van der Waals surface area contributed by atoms with Gasteiger partial charge in [0.1, 0.15) is 5.82 Å². The zero-order valence-corrected chi connectivity index (χ0v) is 16.6. The van der Waals surface area contributed by atoms with Crippen LogP contribution in [0, 0.1) is 19.7 Å². The first-order valence-corrected chi connectivity index (χ1v) is 9.50. The number of hydrogen-bond acceptors (Lipinski definition) is 2. The SMILES string of the molecule is Cc1cc(C)cc(NC(=S)N2CCN(Cc3ccc(F)c(Cl)c3)CC2)c1. The number of rotatable bonds is 3. The van der Waals surface area contributed by atoms with Gasteiger partial charge in [-0.3, -0.25) is 4.90 Å². The van der Waals surface area contributed by atoms with E-state index < -0.39 is 0 Å². The Morgan fingerprint density at radius 2 is 1.73 bits per heavy atom. The minimum atomic E-state index is -0.372. The van der Waals surface area contributed by atoms with Crippen LogP contribution in [0.1, 0.15) is 16.7 Å². The molecule has 6 heteroatoms. The molecule has 1 aliphatic rings. The maximum atomic E-state index is 13.3. The number of benzene rings is 2. The van der Waals surface area contributed by atoms with Crippen LogP contribution in [0.15, 0.2) is 36.4 Å². The largest absolute Gasteiger partial charge is 0.346 e. The average molecular weight is 392 g/mol. The van der Waals surface area contributed by atoms with E-state index in [1.807, 2.05) is 0 Å². The first-order valence-electron chi connectivity index (χ1n) is 8.71. The molecule has 0 saturated carbocycles. The van der Waals surface area contributed by atoms with E-state index in [0.717, 1.165) is 49.1 Å². The van der Waals surface area contributed by atoms with Gasteiger partial charge in [-0.2, -0.15) is 0 Å². The molecule has 1 heterocycles. The molecule has 1 aliphatic heterocycles. The van der Waals surface area contributed by atoms with E-state index in [4.69, 9.17) is 23.8 Å². The summed E-state index contributed by atoms with van der Waals surface area (Å²) in [6.07, 6.45) is 0. The summed E-state index contributed by atoms with van der Waals surface area (Å²) in [5, 5.41) is 4.30. The van der Waals surface area contributed by atoms with Gasteiger partial charge in [0.25, 0.3) is 0 Å². The van der Waals surface area contributed by atoms with Crippen molar-refractivity contribution in [2.45, 2.75) is 20.4 Å². The molecule has 0 aliphatic carbocycles. The third-order valence-electron chi connectivity index (χ3n) is 4.52. The number of aryl methyl sites for hydroxylation is 2. The Balaban J connectivity index is 1.52. The molecule has 1 saturated heterocycles. The van der Waals surface area contributed by atoms with Gasteiger partial charge in [-0.15, -0.1) is 0 Å². The first-order chi connectivity index (χ1) is 12.4. The number of hydrogen-bond donors (Lipinski definition) is 1. The summed E-state index contributed by atoms with van der Waals surface area (Å²) in [6, 6.07) is 11.3. The van der Waals surface area contributed by atoms with Crippen molar-refractivity contribution in [1.82, 2.24) is 9.80 Å². The molecule has 0 amide bonds. The Labute approximate surface area is 164 Å². The quantitative estimate of drug-likeness (QED) is 0.770. The van der Waals surface area contributed by atoms with Gasteiger partial charge in [0.05, 0.1) is 5.02 Å². The van der Waals surface area contributed by atoms with Gasteiger partial charge >= 0.3 is 0 Å². The number of anilines is 1. The molecule has 26 heavy (non-hydrogen) atoms. The van der Waals surface area contributed by atoms with Crippen molar-refractivity contribution in [2.24, 2.45) is 0 Å². The Kier molecular flexibility index (Phi) is 6.12. The Morgan fingerprint density at radius 3 is 2.35 bits per heavy atom. The molecule has 0 aromatic heterocycles. The van der Waals surface area contributed by atoms with Crippen LogP contribution < -0.4 is 5.32 Å². The van der Waals surface area contributed by atoms with Crippen LogP contribution in [-0.2, 0) is 6.54 Å². The van der Waals surface area contributed by atoms with Crippen molar-refractivity contribution >= 4 is 34.6 Å². The highest BCUT2D eigenvalue weighted by atomic mass is 35.5. The van der Waals surface area contributed by atoms with E-state index in [0.29, 0.717) is 0 Å². The molecular formula is C20H23ClFN3S. The fourth-order valence-electron chi connectivity index (χ4n) is 3.25. The van der Waals surface area contributed by atoms with Crippen LogP contribution >= 0.6 is 23.8 Å². The van der Waals surface area contributed by atoms with E-state index in [1.54, 1.807) is 12.1 Å². The van der Waals surface area contributed by atoms with Crippen LogP contribution in [0.4, 0.5) is 10.1 Å². The van der Waals surface area contributed by atoms with Crippen molar-refractivity contribution in [1.29, 1.82) is 0 Å². The second-order valence-electron chi connectivity index (χ2n) is 6.82. The third kappa shape index (κ3) is 4.93. The highest BCUT2D eigenvalue weighted by Gasteiger charge is 2.19. The lowest BCUT2D eigenvalue weighted by atomic mass is 10.1. The van der Waals surface area contributed by atoms with Gasteiger partial charge < -0.3 is 10.2 Å². The summed E-state index contributed by atoms with van der Waals surface area (Å²) < 4.78 is 13.3. The number of thiocarbonyl (C=S) groups is 1. The van der Waals surface area contributed by atoms with Gasteiger partial charge in [0.2, 0.25) is 0 Å². The Hall–Kier alpha value is -1.69. The fourth-order valence-corrected chi connectivity index (χ4v) is 3.76. The second-order valence-corrected chi connectivity index (χ2v) is 7.61. The Morgan fingerprint density at radius 1 is 1.08 bits per heavy atom. The van der Waals surface area contributed by atoms with Crippen LogP contribution in [0.5, 0.6) is 0 Å². The summed E-state index contributed by atoms with van der Waals surface area (Å²) in [4.78, 5) is 4.53. The lowest BCUT2D eigenvalue weighted by Gasteiger charge is -2.36. The molecule has 0 radical (unpaired) electrons. The van der Waals surface area contributed by atoms with Crippen molar-refractivity contribution in [3.05, 3.63) is 63.9 Å². The van der Waals surface area contributed by atoms with Crippen molar-refractivity contribution < 1.29 is 4.39 Å². The molecule has 0 unspecified atom stereocenters. The molecule has 2 aromatic rings. The van der Waals surface area contributed by atoms with Gasteiger partial charge in [-0.05, 0) is 67.0 Å². The molecular weight excluding hydrogens is 369 g/mol. The average Bonchev–Trinajstić information content (AvgIpc) is 2.58. The minimum absolute atomic E-state index is 0.181. The monoisotopic (exact) mass is 391 g/mol. The summed E-state index contributed by atoms with van der Waals surface area (Å²) in [5.74, 6) is -0.372. The predicted octanol–water partition coefficient (Wildman–Crippen LogP) is 4.61. The normalized spacial score (nSPS) is 15.2. The van der Waals surface area contributed by atoms with Gasteiger partial charge in [-0.1, -0.05) is 23.7 Å². The van der Waals surface area contributed by atoms with Gasteiger partial charge in [0.15, 0.2) is 5.11 Å². The molecule has 0 spiro atoms.